The van der Waals surface area contributed by atoms with E-state index in [0.29, 0.717) is 39.4 Å². The summed E-state index contributed by atoms with van der Waals surface area (Å²) < 4.78 is 0. The topological polar surface area (TPSA) is 92.7 Å². The van der Waals surface area contributed by atoms with E-state index >= 15 is 0 Å². The van der Waals surface area contributed by atoms with Crippen molar-refractivity contribution in [2.24, 2.45) is 4.99 Å². The van der Waals surface area contributed by atoms with Gasteiger partial charge in [0.1, 0.15) is 0 Å². The monoisotopic (exact) mass is 510 g/mol. The molecule has 3 aromatic carbocycles. The zero-order chi connectivity index (χ0) is 24.9. The molecule has 1 heterocycles. The maximum absolute atomic E-state index is 13.5. The largest absolute Gasteiger partial charge is 0.371 e. The van der Waals surface area contributed by atoms with Gasteiger partial charge in [-0.2, -0.15) is 0 Å². The second-order valence-corrected chi connectivity index (χ2v) is 9.59. The van der Waals surface area contributed by atoms with Gasteiger partial charge in [0.15, 0.2) is 23.1 Å². The first kappa shape index (κ1) is 21.2. The molecular formula is C28H12Cl2N2O4. The Hall–Kier alpha value is -4.13. The third-order valence-corrected chi connectivity index (χ3v) is 7.76. The van der Waals surface area contributed by atoms with Crippen LogP contribution in [0.15, 0.2) is 76.8 Å². The van der Waals surface area contributed by atoms with E-state index in [1.165, 1.54) is 12.1 Å². The summed E-state index contributed by atoms with van der Waals surface area (Å²) in [6, 6.07) is 12.2. The normalized spacial score (nSPS) is 18.9. The van der Waals surface area contributed by atoms with Gasteiger partial charge in [0.2, 0.25) is 0 Å². The van der Waals surface area contributed by atoms with E-state index in [1.807, 2.05) is 0 Å². The number of Topliss-reactive ketones (excluding diaryl/α,β-unsaturated/α-hetero) is 2. The van der Waals surface area contributed by atoms with Gasteiger partial charge in [-0.25, -0.2) is 4.99 Å². The Bertz CT molecular complexity index is 1760. The molecule has 1 unspecified atom stereocenters. The summed E-state index contributed by atoms with van der Waals surface area (Å²) >= 11 is 12.4. The summed E-state index contributed by atoms with van der Waals surface area (Å²) in [6.45, 7) is 0. The van der Waals surface area contributed by atoms with E-state index in [-0.39, 0.29) is 43.9 Å². The summed E-state index contributed by atoms with van der Waals surface area (Å²) in [6.07, 6.45) is 3.25. The van der Waals surface area contributed by atoms with Gasteiger partial charge < -0.3 is 5.32 Å². The molecule has 4 aliphatic rings. The first-order valence-corrected chi connectivity index (χ1v) is 11.8. The van der Waals surface area contributed by atoms with Crippen molar-refractivity contribution in [3.8, 4) is 0 Å². The van der Waals surface area contributed by atoms with Crippen LogP contribution in [0, 0.1) is 0 Å². The van der Waals surface area contributed by atoms with Crippen LogP contribution < -0.4 is 5.32 Å². The van der Waals surface area contributed by atoms with Gasteiger partial charge in [-0.05, 0) is 36.4 Å². The maximum atomic E-state index is 13.5. The highest BCUT2D eigenvalue weighted by molar-refractivity contribution is 6.46. The Morgan fingerprint density at radius 3 is 2.14 bits per heavy atom. The first-order chi connectivity index (χ1) is 17.4. The molecule has 8 heteroatoms. The van der Waals surface area contributed by atoms with Gasteiger partial charge in [-0.3, -0.25) is 19.2 Å². The van der Waals surface area contributed by atoms with E-state index in [4.69, 9.17) is 28.2 Å². The molecule has 0 fully saturated rings. The number of ketones is 4. The predicted molar refractivity (Wildman–Crippen MR) is 136 cm³/mol. The van der Waals surface area contributed by atoms with Crippen molar-refractivity contribution < 1.29 is 19.2 Å². The molecule has 36 heavy (non-hydrogen) atoms. The van der Waals surface area contributed by atoms with Gasteiger partial charge in [0, 0.05) is 33.4 Å². The third kappa shape index (κ3) is 2.60. The second kappa shape index (κ2) is 7.20. The van der Waals surface area contributed by atoms with Crippen LogP contribution in [0.4, 0.5) is 11.4 Å². The highest BCUT2D eigenvalue weighted by Crippen LogP contribution is 2.45. The number of anilines is 1. The molecule has 0 amide bonds. The number of allylic oxidation sites excluding steroid dienone is 2. The molecule has 1 N–H and O–H groups in total. The summed E-state index contributed by atoms with van der Waals surface area (Å²) in [5.41, 5.74) is 3.19. The Balaban J connectivity index is 1.38. The molecule has 0 aromatic heterocycles. The number of carbonyl (C=O) groups excluding carboxylic acids is 4. The van der Waals surface area contributed by atoms with Crippen molar-refractivity contribution >= 4 is 63.4 Å². The number of benzene rings is 3. The quantitative estimate of drug-likeness (QED) is 0.333. The second-order valence-electron chi connectivity index (χ2n) is 8.81. The molecule has 0 bridgehead atoms. The van der Waals surface area contributed by atoms with E-state index < -0.39 is 17.6 Å². The summed E-state index contributed by atoms with van der Waals surface area (Å²) in [4.78, 5) is 58.1. The zero-order valence-corrected chi connectivity index (χ0v) is 19.7. The minimum atomic E-state index is -0.671. The van der Waals surface area contributed by atoms with Crippen LogP contribution in [-0.2, 0) is 0 Å². The molecule has 172 valence electrons. The SMILES string of the molecule is O=C1C2=C(C(=O)c3ccccc31)C1Nc3ccc4c(c3N=C1C=C2)C(=O)c1ccc(Cl)c(Cl)c1C4=O. The fourth-order valence-corrected chi connectivity index (χ4v) is 5.69. The van der Waals surface area contributed by atoms with E-state index in [2.05, 4.69) is 5.32 Å². The van der Waals surface area contributed by atoms with Gasteiger partial charge in [0.05, 0.1) is 44.3 Å². The van der Waals surface area contributed by atoms with E-state index in [0.717, 1.165) is 0 Å². The molecule has 0 saturated heterocycles. The number of hydrogen-bond donors (Lipinski definition) is 1. The summed E-state index contributed by atoms with van der Waals surface area (Å²) in [5, 5.41) is 3.51. The number of aliphatic imine (C=N–C) groups is 1. The van der Waals surface area contributed by atoms with Crippen molar-refractivity contribution in [1.29, 1.82) is 0 Å². The van der Waals surface area contributed by atoms with E-state index in [9.17, 15) is 19.2 Å². The molecule has 7 rings (SSSR count). The first-order valence-electron chi connectivity index (χ1n) is 11.1. The zero-order valence-electron chi connectivity index (χ0n) is 18.2. The van der Waals surface area contributed by atoms with Crippen LogP contribution >= 0.6 is 23.2 Å². The average molecular weight is 511 g/mol. The van der Waals surface area contributed by atoms with Crippen molar-refractivity contribution in [2.75, 3.05) is 5.32 Å². The summed E-state index contributed by atoms with van der Waals surface area (Å²) in [7, 11) is 0. The molecular weight excluding hydrogens is 499 g/mol. The van der Waals surface area contributed by atoms with Crippen molar-refractivity contribution in [3.05, 3.63) is 115 Å². The van der Waals surface area contributed by atoms with Crippen molar-refractivity contribution in [3.63, 3.8) is 0 Å². The standard InChI is InChI=1S/C28H12Cl2N2O4/c29-16-8-5-13-19(22(16)30)27(35)15-7-10-18-24(21(15)28(13)36)32-17-9-6-14-20(23(17)31-18)26(34)12-4-2-1-3-11(12)25(14)33/h1-10,23,31H. The lowest BCUT2D eigenvalue weighted by Crippen LogP contribution is -2.41. The maximum Gasteiger partial charge on any atom is 0.196 e. The smallest absolute Gasteiger partial charge is 0.196 e. The van der Waals surface area contributed by atoms with Gasteiger partial charge >= 0.3 is 0 Å². The Morgan fingerprint density at radius 2 is 1.36 bits per heavy atom. The van der Waals surface area contributed by atoms with Crippen LogP contribution in [-0.4, -0.2) is 34.9 Å². The number of hydrogen-bond acceptors (Lipinski definition) is 6. The number of nitrogens with one attached hydrogen (secondary N) is 1. The van der Waals surface area contributed by atoms with Crippen molar-refractivity contribution in [1.82, 2.24) is 0 Å². The van der Waals surface area contributed by atoms with Gasteiger partial charge in [-0.1, -0.05) is 47.5 Å². The highest BCUT2D eigenvalue weighted by atomic mass is 35.5. The lowest BCUT2D eigenvalue weighted by molar-refractivity contribution is 0.0975. The molecule has 0 saturated carbocycles. The third-order valence-electron chi connectivity index (χ3n) is 6.96. The number of carbonyl (C=O) groups is 4. The Labute approximate surface area is 213 Å². The van der Waals surface area contributed by atoms with Crippen LogP contribution in [0.2, 0.25) is 10.0 Å². The molecule has 3 aliphatic carbocycles. The van der Waals surface area contributed by atoms with Crippen LogP contribution in [0.3, 0.4) is 0 Å². The average Bonchev–Trinajstić information content (AvgIpc) is 2.89. The minimum Gasteiger partial charge on any atom is -0.371 e. The molecule has 6 nitrogen and oxygen atoms in total. The fourth-order valence-electron chi connectivity index (χ4n) is 5.29. The van der Waals surface area contributed by atoms with Crippen LogP contribution in [0.5, 0.6) is 0 Å². The predicted octanol–water partition coefficient (Wildman–Crippen LogP) is 5.58. The fraction of sp³-hybridized carbons (Fsp3) is 0.0357. The lowest BCUT2D eigenvalue weighted by Gasteiger charge is -2.34. The lowest BCUT2D eigenvalue weighted by atomic mass is 9.76. The van der Waals surface area contributed by atoms with Crippen LogP contribution in [0.25, 0.3) is 0 Å². The molecule has 3 aromatic rings. The number of fused-ring (bicyclic) bond motifs is 7. The Kier molecular flexibility index (Phi) is 4.23. The molecule has 1 atom stereocenters. The number of rotatable bonds is 0. The molecule has 0 radical (unpaired) electrons. The van der Waals surface area contributed by atoms with Crippen molar-refractivity contribution in [2.45, 2.75) is 6.04 Å². The minimum absolute atomic E-state index is 0.0378. The van der Waals surface area contributed by atoms with Gasteiger partial charge in [-0.15, -0.1) is 0 Å². The number of halogens is 2. The molecule has 1 aliphatic heterocycles. The van der Waals surface area contributed by atoms with E-state index in [1.54, 1.807) is 48.6 Å². The summed E-state index contributed by atoms with van der Waals surface area (Å²) in [5.74, 6) is -1.27. The van der Waals surface area contributed by atoms with Crippen LogP contribution in [0.1, 0.15) is 52.6 Å². The Morgan fingerprint density at radius 1 is 0.694 bits per heavy atom. The number of nitrogens with zero attached hydrogens (tertiary/aromatic N) is 1. The van der Waals surface area contributed by atoms with Gasteiger partial charge in [0.25, 0.3) is 0 Å². The highest BCUT2D eigenvalue weighted by Gasteiger charge is 2.42. The molecule has 0 spiro atoms.